The van der Waals surface area contributed by atoms with Crippen molar-refractivity contribution in [3.63, 3.8) is 0 Å². The fourth-order valence-corrected chi connectivity index (χ4v) is 3.08. The summed E-state index contributed by atoms with van der Waals surface area (Å²) < 4.78 is 8.43. The van der Waals surface area contributed by atoms with Crippen molar-refractivity contribution in [1.29, 1.82) is 0 Å². The fourth-order valence-electron chi connectivity index (χ4n) is 2.46. The number of para-hydroxylation sites is 1. The van der Waals surface area contributed by atoms with Gasteiger partial charge in [0, 0.05) is 18.3 Å². The Morgan fingerprint density at radius 3 is 2.63 bits per heavy atom. The van der Waals surface area contributed by atoms with Gasteiger partial charge in [0.2, 0.25) is 0 Å². The number of nitrogens with zero attached hydrogens (tertiary/aromatic N) is 2. The van der Waals surface area contributed by atoms with Crippen molar-refractivity contribution >= 4 is 33.4 Å². The molecular weight excluding hydrogens is 430 g/mol. The van der Waals surface area contributed by atoms with Gasteiger partial charge in [-0.1, -0.05) is 35.9 Å². The largest absolute Gasteiger partial charge is 0.488 e. The molecular formula is C20H19BrClN3O2. The molecule has 0 bridgehead atoms. The van der Waals surface area contributed by atoms with E-state index >= 15 is 0 Å². The predicted molar refractivity (Wildman–Crippen MR) is 109 cm³/mol. The van der Waals surface area contributed by atoms with E-state index in [1.54, 1.807) is 23.0 Å². The topological polar surface area (TPSA) is 56.2 Å². The number of hydrogen-bond donors (Lipinski definition) is 1. The van der Waals surface area contributed by atoms with Crippen LogP contribution in [0.1, 0.15) is 28.5 Å². The van der Waals surface area contributed by atoms with Crippen LogP contribution < -0.4 is 10.1 Å². The van der Waals surface area contributed by atoms with Crippen molar-refractivity contribution in [1.82, 2.24) is 15.1 Å². The van der Waals surface area contributed by atoms with E-state index in [9.17, 15) is 4.79 Å². The lowest BCUT2D eigenvalue weighted by atomic mass is 10.1. The third-order valence-electron chi connectivity index (χ3n) is 3.97. The first kappa shape index (κ1) is 19.5. The molecule has 0 unspecified atom stereocenters. The van der Waals surface area contributed by atoms with E-state index in [2.05, 4.69) is 26.3 Å². The van der Waals surface area contributed by atoms with Crippen molar-refractivity contribution in [3.05, 3.63) is 81.0 Å². The number of nitrogens with one attached hydrogen (secondary N) is 1. The normalized spacial score (nSPS) is 10.6. The van der Waals surface area contributed by atoms with Gasteiger partial charge in [-0.05, 0) is 52.7 Å². The molecule has 0 radical (unpaired) electrons. The summed E-state index contributed by atoms with van der Waals surface area (Å²) in [6, 6.07) is 15.0. The lowest BCUT2D eigenvalue weighted by Crippen LogP contribution is -2.23. The molecule has 1 N–H and O–H groups in total. The van der Waals surface area contributed by atoms with Crippen molar-refractivity contribution in [2.75, 3.05) is 0 Å². The molecule has 7 heteroatoms. The third kappa shape index (κ3) is 5.11. The number of carbonyl (C=O) groups is 1. The fraction of sp³-hybridized carbons (Fsp3) is 0.200. The number of halogens is 2. The van der Waals surface area contributed by atoms with Gasteiger partial charge in [-0.25, -0.2) is 0 Å². The maximum absolute atomic E-state index is 12.3. The molecule has 0 spiro atoms. The molecule has 140 valence electrons. The van der Waals surface area contributed by atoms with E-state index in [4.69, 9.17) is 16.3 Å². The minimum Gasteiger partial charge on any atom is -0.488 e. The van der Waals surface area contributed by atoms with Gasteiger partial charge in [-0.3, -0.25) is 9.48 Å². The molecule has 0 fully saturated rings. The first-order valence-corrected chi connectivity index (χ1v) is 9.70. The average Bonchev–Trinajstić information content (AvgIpc) is 3.06. The Hall–Kier alpha value is -2.31. The van der Waals surface area contributed by atoms with E-state index in [-0.39, 0.29) is 12.5 Å². The number of benzene rings is 2. The van der Waals surface area contributed by atoms with Crippen LogP contribution in [0.4, 0.5) is 0 Å². The molecule has 0 saturated heterocycles. The molecule has 3 aromatic rings. The number of aryl methyl sites for hydroxylation is 1. The van der Waals surface area contributed by atoms with Crippen LogP contribution >= 0.6 is 27.5 Å². The molecule has 0 aliphatic rings. The number of aromatic nitrogens is 2. The van der Waals surface area contributed by atoms with Gasteiger partial charge in [0.05, 0.1) is 16.0 Å². The maximum atomic E-state index is 12.3. The summed E-state index contributed by atoms with van der Waals surface area (Å²) in [4.78, 5) is 12.3. The van der Waals surface area contributed by atoms with Crippen LogP contribution in [-0.2, 0) is 19.7 Å². The van der Waals surface area contributed by atoms with Crippen molar-refractivity contribution in [2.45, 2.75) is 26.6 Å². The highest BCUT2D eigenvalue weighted by atomic mass is 79.9. The summed E-state index contributed by atoms with van der Waals surface area (Å²) in [6.45, 7) is 3.43. The van der Waals surface area contributed by atoms with Gasteiger partial charge in [-0.2, -0.15) is 5.10 Å². The molecule has 1 amide bonds. The van der Waals surface area contributed by atoms with Crippen molar-refractivity contribution in [3.8, 4) is 5.75 Å². The van der Waals surface area contributed by atoms with Gasteiger partial charge in [0.1, 0.15) is 18.1 Å². The molecule has 0 saturated carbocycles. The first-order valence-electron chi connectivity index (χ1n) is 8.53. The monoisotopic (exact) mass is 447 g/mol. The van der Waals surface area contributed by atoms with Gasteiger partial charge in [0.15, 0.2) is 0 Å². The van der Waals surface area contributed by atoms with Gasteiger partial charge in [-0.15, -0.1) is 0 Å². The summed E-state index contributed by atoms with van der Waals surface area (Å²) in [5.41, 5.74) is 2.21. The molecule has 27 heavy (non-hydrogen) atoms. The SMILES string of the molecule is CCn1cc(Cl)c(CNC(=O)c2ccc(COc3ccccc3Br)cc2)n1. The van der Waals surface area contributed by atoms with Crippen molar-refractivity contribution in [2.24, 2.45) is 0 Å². The second-order valence-electron chi connectivity index (χ2n) is 5.88. The summed E-state index contributed by atoms with van der Waals surface area (Å²) in [5, 5.41) is 7.71. The smallest absolute Gasteiger partial charge is 0.251 e. The minimum atomic E-state index is -0.171. The van der Waals surface area contributed by atoms with E-state index in [0.717, 1.165) is 22.3 Å². The van der Waals surface area contributed by atoms with Crippen LogP contribution in [0.25, 0.3) is 0 Å². The average molecular weight is 449 g/mol. The van der Waals surface area contributed by atoms with Crippen LogP contribution in [0.2, 0.25) is 5.02 Å². The standard InChI is InChI=1S/C20H19BrClN3O2/c1-2-25-12-17(22)18(24-25)11-23-20(26)15-9-7-14(8-10-15)13-27-19-6-4-3-5-16(19)21/h3-10,12H,2,11,13H2,1H3,(H,23,26). The lowest BCUT2D eigenvalue weighted by Gasteiger charge is -2.09. The summed E-state index contributed by atoms with van der Waals surface area (Å²) in [5.74, 6) is 0.609. The van der Waals surface area contributed by atoms with E-state index in [0.29, 0.717) is 22.9 Å². The van der Waals surface area contributed by atoms with Gasteiger partial charge < -0.3 is 10.1 Å². The third-order valence-corrected chi connectivity index (χ3v) is 4.95. The minimum absolute atomic E-state index is 0.171. The number of amides is 1. The first-order chi connectivity index (χ1) is 13.1. The lowest BCUT2D eigenvalue weighted by molar-refractivity contribution is 0.0950. The van der Waals surface area contributed by atoms with E-state index < -0.39 is 0 Å². The van der Waals surface area contributed by atoms with Crippen LogP contribution in [-0.4, -0.2) is 15.7 Å². The zero-order chi connectivity index (χ0) is 19.2. The van der Waals surface area contributed by atoms with Gasteiger partial charge in [0.25, 0.3) is 5.91 Å². The van der Waals surface area contributed by atoms with Crippen molar-refractivity contribution < 1.29 is 9.53 Å². The molecule has 2 aromatic carbocycles. The summed E-state index contributed by atoms with van der Waals surface area (Å²) >= 11 is 9.57. The molecule has 3 rings (SSSR count). The Morgan fingerprint density at radius 1 is 1.22 bits per heavy atom. The second kappa shape index (κ2) is 9.06. The molecule has 0 aliphatic carbocycles. The quantitative estimate of drug-likeness (QED) is 0.563. The number of rotatable bonds is 7. The molecule has 5 nitrogen and oxygen atoms in total. The zero-order valence-corrected chi connectivity index (χ0v) is 17.1. The Labute approximate surface area is 171 Å². The Balaban J connectivity index is 1.55. The Bertz CT molecular complexity index is 925. The summed E-state index contributed by atoms with van der Waals surface area (Å²) in [6.07, 6.45) is 1.75. The highest BCUT2D eigenvalue weighted by Gasteiger charge is 2.10. The predicted octanol–water partition coefficient (Wildman–Crippen LogP) is 4.83. The highest BCUT2D eigenvalue weighted by Crippen LogP contribution is 2.24. The molecule has 1 aromatic heterocycles. The Morgan fingerprint density at radius 2 is 1.96 bits per heavy atom. The molecule has 1 heterocycles. The van der Waals surface area contributed by atoms with Crippen LogP contribution in [0.3, 0.4) is 0 Å². The van der Waals surface area contributed by atoms with E-state index in [1.807, 2.05) is 43.3 Å². The zero-order valence-electron chi connectivity index (χ0n) is 14.8. The summed E-state index contributed by atoms with van der Waals surface area (Å²) in [7, 11) is 0. The maximum Gasteiger partial charge on any atom is 0.251 e. The van der Waals surface area contributed by atoms with Crippen LogP contribution in [0, 0.1) is 0 Å². The van der Waals surface area contributed by atoms with E-state index in [1.165, 1.54) is 0 Å². The van der Waals surface area contributed by atoms with Gasteiger partial charge >= 0.3 is 0 Å². The van der Waals surface area contributed by atoms with Crippen LogP contribution in [0.15, 0.2) is 59.2 Å². The number of hydrogen-bond acceptors (Lipinski definition) is 3. The molecule has 0 atom stereocenters. The molecule has 0 aliphatic heterocycles. The number of ether oxygens (including phenoxy) is 1. The number of carbonyl (C=O) groups excluding carboxylic acids is 1. The Kier molecular flexibility index (Phi) is 6.53. The highest BCUT2D eigenvalue weighted by molar-refractivity contribution is 9.10. The van der Waals surface area contributed by atoms with Crippen LogP contribution in [0.5, 0.6) is 5.75 Å². The second-order valence-corrected chi connectivity index (χ2v) is 7.14.